The maximum Gasteiger partial charge on any atom is 0.188 e. The third-order valence-electron chi connectivity index (χ3n) is 3.26. The molecule has 116 valence electrons. The Labute approximate surface area is 129 Å². The largest absolute Gasteiger partial charge is 0.386 e. The average molecular weight is 301 g/mol. The predicted molar refractivity (Wildman–Crippen MR) is 86.0 cm³/mol. The highest BCUT2D eigenvalue weighted by atomic mass is 19.1. The molecule has 0 radical (unpaired) electrons. The van der Waals surface area contributed by atoms with Crippen molar-refractivity contribution in [3.8, 4) is 0 Å². The van der Waals surface area contributed by atoms with E-state index in [4.69, 9.17) is 5.73 Å². The van der Waals surface area contributed by atoms with Gasteiger partial charge in [-0.25, -0.2) is 4.39 Å². The molecule has 2 aromatic carbocycles. The van der Waals surface area contributed by atoms with Gasteiger partial charge in [0, 0.05) is 12.1 Å². The van der Waals surface area contributed by atoms with E-state index in [1.165, 1.54) is 17.7 Å². The van der Waals surface area contributed by atoms with Crippen molar-refractivity contribution in [2.75, 3.05) is 13.1 Å². The molecule has 5 heteroatoms. The SMILES string of the molecule is NC(=NCC(O)c1ccccc1F)NCCc1ccccc1. The second-order valence-electron chi connectivity index (χ2n) is 4.93. The van der Waals surface area contributed by atoms with Crippen molar-refractivity contribution >= 4 is 5.96 Å². The molecule has 0 fully saturated rings. The normalized spacial score (nSPS) is 12.9. The Bertz CT molecular complexity index is 616. The Kier molecular flexibility index (Phi) is 5.91. The van der Waals surface area contributed by atoms with Crippen LogP contribution in [0.3, 0.4) is 0 Å². The van der Waals surface area contributed by atoms with E-state index in [1.54, 1.807) is 12.1 Å². The Balaban J connectivity index is 1.79. The molecule has 0 aliphatic rings. The minimum Gasteiger partial charge on any atom is -0.386 e. The van der Waals surface area contributed by atoms with Gasteiger partial charge in [0.25, 0.3) is 0 Å². The first-order valence-electron chi connectivity index (χ1n) is 7.17. The standard InChI is InChI=1S/C17H20FN3O/c18-15-9-5-4-8-14(15)16(22)12-21-17(19)20-11-10-13-6-2-1-3-7-13/h1-9,16,22H,10-12H2,(H3,19,20,21). The van der Waals surface area contributed by atoms with Gasteiger partial charge in [-0.3, -0.25) is 4.99 Å². The topological polar surface area (TPSA) is 70.6 Å². The lowest BCUT2D eigenvalue weighted by Crippen LogP contribution is -2.33. The lowest BCUT2D eigenvalue weighted by molar-refractivity contribution is 0.182. The minimum atomic E-state index is -1.00. The molecular weight excluding hydrogens is 281 g/mol. The monoisotopic (exact) mass is 301 g/mol. The number of rotatable bonds is 6. The number of nitrogens with zero attached hydrogens (tertiary/aromatic N) is 1. The van der Waals surface area contributed by atoms with Crippen LogP contribution in [0.2, 0.25) is 0 Å². The highest BCUT2D eigenvalue weighted by Gasteiger charge is 2.11. The third-order valence-corrected chi connectivity index (χ3v) is 3.26. The fourth-order valence-corrected chi connectivity index (χ4v) is 2.06. The Morgan fingerprint density at radius 2 is 1.82 bits per heavy atom. The number of aliphatic hydroxyl groups excluding tert-OH is 1. The summed E-state index contributed by atoms with van der Waals surface area (Å²) in [7, 11) is 0. The summed E-state index contributed by atoms with van der Waals surface area (Å²) >= 11 is 0. The van der Waals surface area contributed by atoms with Crippen molar-refractivity contribution < 1.29 is 9.50 Å². The number of nitrogens with one attached hydrogen (secondary N) is 1. The smallest absolute Gasteiger partial charge is 0.188 e. The van der Waals surface area contributed by atoms with Crippen LogP contribution in [0.15, 0.2) is 59.6 Å². The Morgan fingerprint density at radius 1 is 1.14 bits per heavy atom. The van der Waals surface area contributed by atoms with E-state index in [2.05, 4.69) is 10.3 Å². The van der Waals surface area contributed by atoms with E-state index in [-0.39, 0.29) is 18.1 Å². The number of hydrogen-bond donors (Lipinski definition) is 3. The quantitative estimate of drug-likeness (QED) is 0.564. The minimum absolute atomic E-state index is 0.0190. The molecule has 0 amide bonds. The molecule has 0 aliphatic carbocycles. The molecule has 0 saturated heterocycles. The molecule has 0 saturated carbocycles. The van der Waals surface area contributed by atoms with Crippen LogP contribution in [-0.4, -0.2) is 24.2 Å². The average Bonchev–Trinajstić information content (AvgIpc) is 2.54. The van der Waals surface area contributed by atoms with Crippen LogP contribution in [0.5, 0.6) is 0 Å². The first kappa shape index (κ1) is 16.0. The molecule has 4 N–H and O–H groups in total. The summed E-state index contributed by atoms with van der Waals surface area (Å²) < 4.78 is 13.5. The van der Waals surface area contributed by atoms with E-state index in [0.717, 1.165) is 6.42 Å². The summed E-state index contributed by atoms with van der Waals surface area (Å²) in [4.78, 5) is 4.04. The van der Waals surface area contributed by atoms with Gasteiger partial charge in [0.05, 0.1) is 6.54 Å². The number of aliphatic hydroxyl groups is 1. The second kappa shape index (κ2) is 8.14. The highest BCUT2D eigenvalue weighted by molar-refractivity contribution is 5.77. The molecule has 2 aromatic rings. The zero-order valence-corrected chi connectivity index (χ0v) is 12.2. The van der Waals surface area contributed by atoms with Gasteiger partial charge < -0.3 is 16.2 Å². The van der Waals surface area contributed by atoms with Gasteiger partial charge in [0.1, 0.15) is 11.9 Å². The summed E-state index contributed by atoms with van der Waals surface area (Å²) in [6.07, 6.45) is -0.178. The fraction of sp³-hybridized carbons (Fsp3) is 0.235. The van der Waals surface area contributed by atoms with Gasteiger partial charge in [-0.05, 0) is 18.1 Å². The van der Waals surface area contributed by atoms with Crippen LogP contribution < -0.4 is 11.1 Å². The summed E-state index contributed by atoms with van der Waals surface area (Å²) in [6.45, 7) is 0.667. The van der Waals surface area contributed by atoms with Gasteiger partial charge in [-0.15, -0.1) is 0 Å². The van der Waals surface area contributed by atoms with Gasteiger partial charge in [-0.1, -0.05) is 48.5 Å². The van der Waals surface area contributed by atoms with Crippen LogP contribution in [0.4, 0.5) is 4.39 Å². The first-order valence-corrected chi connectivity index (χ1v) is 7.17. The van der Waals surface area contributed by atoms with Crippen LogP contribution in [-0.2, 0) is 6.42 Å². The number of guanidine groups is 1. The Morgan fingerprint density at radius 3 is 2.55 bits per heavy atom. The molecule has 0 aromatic heterocycles. The third kappa shape index (κ3) is 4.86. The molecule has 0 heterocycles. The lowest BCUT2D eigenvalue weighted by atomic mass is 10.1. The lowest BCUT2D eigenvalue weighted by Gasteiger charge is -2.10. The molecule has 0 spiro atoms. The Hall–Kier alpha value is -2.40. The van der Waals surface area contributed by atoms with Crippen LogP contribution in [0.1, 0.15) is 17.2 Å². The zero-order chi connectivity index (χ0) is 15.8. The number of aliphatic imine (C=N–C) groups is 1. The molecular formula is C17H20FN3O. The van der Waals surface area contributed by atoms with E-state index in [0.29, 0.717) is 6.54 Å². The van der Waals surface area contributed by atoms with Crippen molar-refractivity contribution in [1.29, 1.82) is 0 Å². The first-order chi connectivity index (χ1) is 10.7. The predicted octanol–water partition coefficient (Wildman–Crippen LogP) is 2.01. The van der Waals surface area contributed by atoms with Crippen molar-refractivity contribution in [3.05, 3.63) is 71.5 Å². The number of halogens is 1. The van der Waals surface area contributed by atoms with Crippen molar-refractivity contribution in [2.45, 2.75) is 12.5 Å². The summed E-state index contributed by atoms with van der Waals surface area (Å²) in [5.74, 6) is -0.202. The molecule has 0 bridgehead atoms. The maximum atomic E-state index is 13.5. The van der Waals surface area contributed by atoms with E-state index in [1.807, 2.05) is 30.3 Å². The van der Waals surface area contributed by atoms with Gasteiger partial charge >= 0.3 is 0 Å². The molecule has 4 nitrogen and oxygen atoms in total. The van der Waals surface area contributed by atoms with Crippen LogP contribution in [0.25, 0.3) is 0 Å². The van der Waals surface area contributed by atoms with Gasteiger partial charge in [-0.2, -0.15) is 0 Å². The maximum absolute atomic E-state index is 13.5. The van der Waals surface area contributed by atoms with Crippen LogP contribution >= 0.6 is 0 Å². The van der Waals surface area contributed by atoms with Gasteiger partial charge in [0.15, 0.2) is 5.96 Å². The fourth-order valence-electron chi connectivity index (χ4n) is 2.06. The molecule has 22 heavy (non-hydrogen) atoms. The summed E-state index contributed by atoms with van der Waals surface area (Å²) in [5, 5.41) is 12.9. The second-order valence-corrected chi connectivity index (χ2v) is 4.93. The number of hydrogen-bond acceptors (Lipinski definition) is 2. The summed E-state index contributed by atoms with van der Waals surface area (Å²) in [5.41, 5.74) is 7.16. The van der Waals surface area contributed by atoms with Crippen LogP contribution in [0, 0.1) is 5.82 Å². The highest BCUT2D eigenvalue weighted by Crippen LogP contribution is 2.16. The van der Waals surface area contributed by atoms with E-state index < -0.39 is 11.9 Å². The summed E-state index contributed by atoms with van der Waals surface area (Å²) in [6, 6.07) is 16.1. The van der Waals surface area contributed by atoms with Crippen molar-refractivity contribution in [1.82, 2.24) is 5.32 Å². The van der Waals surface area contributed by atoms with Crippen molar-refractivity contribution in [2.24, 2.45) is 10.7 Å². The zero-order valence-electron chi connectivity index (χ0n) is 12.2. The molecule has 1 unspecified atom stereocenters. The number of benzene rings is 2. The van der Waals surface area contributed by atoms with E-state index >= 15 is 0 Å². The molecule has 0 aliphatic heterocycles. The van der Waals surface area contributed by atoms with Crippen molar-refractivity contribution in [3.63, 3.8) is 0 Å². The number of nitrogens with two attached hydrogens (primary N) is 1. The van der Waals surface area contributed by atoms with E-state index in [9.17, 15) is 9.50 Å². The molecule has 1 atom stereocenters. The van der Waals surface area contributed by atoms with Gasteiger partial charge in [0.2, 0.25) is 0 Å². The molecule has 2 rings (SSSR count).